The number of hydrogen-bond acceptors (Lipinski definition) is 4. The van der Waals surface area contributed by atoms with Crippen LogP contribution in [0.5, 0.6) is 11.5 Å². The van der Waals surface area contributed by atoms with Crippen LogP contribution in [0.2, 0.25) is 0 Å². The number of rotatable bonds is 5. The van der Waals surface area contributed by atoms with Crippen molar-refractivity contribution in [3.63, 3.8) is 0 Å². The summed E-state index contributed by atoms with van der Waals surface area (Å²) in [6.07, 6.45) is 8.43. The molecule has 1 unspecified atom stereocenters. The highest BCUT2D eigenvalue weighted by Gasteiger charge is 2.64. The summed E-state index contributed by atoms with van der Waals surface area (Å²) >= 11 is 0. The molecule has 31 heavy (non-hydrogen) atoms. The normalized spacial score (nSPS) is 34.9. The summed E-state index contributed by atoms with van der Waals surface area (Å²) in [5, 5.41) is 10.9. The summed E-state index contributed by atoms with van der Waals surface area (Å²) in [6.45, 7) is 2.86. The number of ether oxygens (including phenoxy) is 2. The van der Waals surface area contributed by atoms with Crippen molar-refractivity contribution in [2.75, 3.05) is 13.1 Å². The number of piperidine rings is 1. The van der Waals surface area contributed by atoms with E-state index in [0.29, 0.717) is 18.6 Å². The van der Waals surface area contributed by atoms with E-state index in [9.17, 15) is 5.11 Å². The van der Waals surface area contributed by atoms with Gasteiger partial charge in [-0.3, -0.25) is 4.90 Å². The van der Waals surface area contributed by atoms with Gasteiger partial charge in [0, 0.05) is 29.5 Å². The quantitative estimate of drug-likeness (QED) is 0.754. The van der Waals surface area contributed by atoms with Gasteiger partial charge in [0.1, 0.15) is 18.8 Å². The maximum Gasteiger partial charge on any atom is 0.166 e. The summed E-state index contributed by atoms with van der Waals surface area (Å²) in [7, 11) is 0. The second kappa shape index (κ2) is 6.60. The first-order chi connectivity index (χ1) is 15.2. The molecule has 2 aliphatic heterocycles. The van der Waals surface area contributed by atoms with Gasteiger partial charge in [0.25, 0.3) is 0 Å². The van der Waals surface area contributed by atoms with Gasteiger partial charge in [0.05, 0.1) is 0 Å². The Bertz CT molecular complexity index is 1050. The van der Waals surface area contributed by atoms with Crippen LogP contribution in [-0.4, -0.2) is 41.3 Å². The number of likely N-dealkylation sites (tertiary alicyclic amines) is 1. The standard InChI is InChI=1S/C27H29NO3/c29-22-10-9-20-21-14-19-8-11-23(30-16-18-4-2-1-3-5-18)25-24(19)27(20,26(22)31-25)12-13-28(21)15-17-6-7-17/h1-5,8-11,17,20-22,26,29H,6-7,12-16H2/t20?,21-,22+,26+,27+/m1/s1. The molecule has 5 aliphatic rings. The third-order valence-electron chi connectivity index (χ3n) is 8.40. The fourth-order valence-electron chi connectivity index (χ4n) is 6.83. The minimum absolute atomic E-state index is 0.117. The van der Waals surface area contributed by atoms with Crippen molar-refractivity contribution in [1.82, 2.24) is 4.90 Å². The first-order valence-corrected chi connectivity index (χ1v) is 11.8. The fraction of sp³-hybridized carbons (Fsp3) is 0.481. The van der Waals surface area contributed by atoms with Gasteiger partial charge in [0.2, 0.25) is 0 Å². The van der Waals surface area contributed by atoms with Crippen LogP contribution in [0.25, 0.3) is 0 Å². The highest BCUT2D eigenvalue weighted by molar-refractivity contribution is 5.62. The number of aliphatic hydroxyl groups excluding tert-OH is 1. The van der Waals surface area contributed by atoms with E-state index < -0.39 is 6.10 Å². The Balaban J connectivity index is 1.29. The molecular formula is C27H29NO3. The van der Waals surface area contributed by atoms with Crippen molar-refractivity contribution in [3.8, 4) is 11.5 Å². The zero-order chi connectivity index (χ0) is 20.6. The predicted molar refractivity (Wildman–Crippen MR) is 118 cm³/mol. The summed E-state index contributed by atoms with van der Waals surface area (Å²) in [4.78, 5) is 2.74. The Hall–Kier alpha value is -2.30. The average molecular weight is 416 g/mol. The van der Waals surface area contributed by atoms with Crippen molar-refractivity contribution >= 4 is 0 Å². The Morgan fingerprint density at radius 3 is 2.81 bits per heavy atom. The molecule has 1 saturated carbocycles. The highest BCUT2D eigenvalue weighted by Crippen LogP contribution is 2.62. The molecule has 2 heterocycles. The second-order valence-electron chi connectivity index (χ2n) is 10.1. The zero-order valence-electron chi connectivity index (χ0n) is 17.7. The summed E-state index contributed by atoms with van der Waals surface area (Å²) in [6, 6.07) is 15.1. The minimum Gasteiger partial charge on any atom is -0.485 e. The van der Waals surface area contributed by atoms with Gasteiger partial charge in [0.15, 0.2) is 11.5 Å². The van der Waals surface area contributed by atoms with Crippen LogP contribution in [0.4, 0.5) is 0 Å². The monoisotopic (exact) mass is 415 g/mol. The molecule has 2 fully saturated rings. The Kier molecular flexibility index (Phi) is 3.89. The van der Waals surface area contributed by atoms with E-state index in [-0.39, 0.29) is 11.5 Å². The van der Waals surface area contributed by atoms with Crippen LogP contribution >= 0.6 is 0 Å². The lowest BCUT2D eigenvalue weighted by Crippen LogP contribution is -2.65. The molecule has 0 amide bonds. The van der Waals surface area contributed by atoms with E-state index in [1.54, 1.807) is 0 Å². The lowest BCUT2D eigenvalue weighted by Gasteiger charge is -2.57. The van der Waals surface area contributed by atoms with E-state index in [0.717, 1.165) is 42.4 Å². The third kappa shape index (κ3) is 2.61. The smallest absolute Gasteiger partial charge is 0.166 e. The first-order valence-electron chi connectivity index (χ1n) is 11.8. The average Bonchev–Trinajstić information content (AvgIpc) is 3.54. The maximum atomic E-state index is 10.9. The molecule has 1 saturated heterocycles. The van der Waals surface area contributed by atoms with Crippen LogP contribution in [0.1, 0.15) is 36.0 Å². The van der Waals surface area contributed by atoms with Crippen LogP contribution in [0.15, 0.2) is 54.6 Å². The van der Waals surface area contributed by atoms with Crippen molar-refractivity contribution in [1.29, 1.82) is 0 Å². The van der Waals surface area contributed by atoms with Gasteiger partial charge in [-0.15, -0.1) is 0 Å². The predicted octanol–water partition coefficient (Wildman–Crippen LogP) is 3.85. The van der Waals surface area contributed by atoms with E-state index in [1.807, 2.05) is 24.3 Å². The van der Waals surface area contributed by atoms with Gasteiger partial charge in [-0.25, -0.2) is 0 Å². The van der Waals surface area contributed by atoms with Gasteiger partial charge in [-0.05, 0) is 55.3 Å². The molecule has 160 valence electrons. The number of aliphatic hydroxyl groups is 1. The maximum absolute atomic E-state index is 10.9. The van der Waals surface area contributed by atoms with Crippen molar-refractivity contribution < 1.29 is 14.6 Å². The molecule has 4 heteroatoms. The van der Waals surface area contributed by atoms with E-state index in [1.165, 1.54) is 30.5 Å². The highest BCUT2D eigenvalue weighted by atomic mass is 16.5. The lowest BCUT2D eigenvalue weighted by molar-refractivity contribution is -0.0526. The summed E-state index contributed by atoms with van der Waals surface area (Å²) in [5.74, 6) is 3.01. The largest absolute Gasteiger partial charge is 0.485 e. The second-order valence-corrected chi connectivity index (χ2v) is 10.1. The Labute approximate surface area is 183 Å². The van der Waals surface area contributed by atoms with Crippen LogP contribution < -0.4 is 9.47 Å². The molecular weight excluding hydrogens is 386 g/mol. The summed E-state index contributed by atoms with van der Waals surface area (Å²) in [5.41, 5.74) is 3.76. The summed E-state index contributed by atoms with van der Waals surface area (Å²) < 4.78 is 12.9. The molecule has 0 radical (unpaired) electrons. The van der Waals surface area contributed by atoms with Crippen LogP contribution in [0, 0.1) is 11.8 Å². The van der Waals surface area contributed by atoms with Crippen LogP contribution in [-0.2, 0) is 18.4 Å². The van der Waals surface area contributed by atoms with E-state index >= 15 is 0 Å². The molecule has 2 aromatic rings. The first kappa shape index (κ1) is 18.3. The van der Waals surface area contributed by atoms with E-state index in [2.05, 4.69) is 35.2 Å². The molecule has 4 nitrogen and oxygen atoms in total. The number of hydrogen-bond donors (Lipinski definition) is 1. The Morgan fingerprint density at radius 1 is 1.10 bits per heavy atom. The Morgan fingerprint density at radius 2 is 1.97 bits per heavy atom. The van der Waals surface area contributed by atoms with Crippen molar-refractivity contribution in [3.05, 3.63) is 71.3 Å². The minimum atomic E-state index is -0.563. The lowest BCUT2D eigenvalue weighted by atomic mass is 9.53. The molecule has 0 aromatic heterocycles. The molecule has 1 spiro atoms. The number of nitrogens with zero attached hydrogens (tertiary/aromatic N) is 1. The zero-order valence-corrected chi connectivity index (χ0v) is 17.7. The molecule has 3 aliphatic carbocycles. The molecule has 2 bridgehead atoms. The third-order valence-corrected chi connectivity index (χ3v) is 8.40. The van der Waals surface area contributed by atoms with E-state index in [4.69, 9.17) is 9.47 Å². The van der Waals surface area contributed by atoms with Gasteiger partial charge in [-0.1, -0.05) is 48.6 Å². The molecule has 2 aromatic carbocycles. The van der Waals surface area contributed by atoms with Crippen molar-refractivity contribution in [2.24, 2.45) is 11.8 Å². The number of benzene rings is 2. The van der Waals surface area contributed by atoms with Gasteiger partial charge in [-0.2, -0.15) is 0 Å². The molecule has 7 rings (SSSR count). The molecule has 1 N–H and O–H groups in total. The topological polar surface area (TPSA) is 41.9 Å². The van der Waals surface area contributed by atoms with Gasteiger partial charge >= 0.3 is 0 Å². The SMILES string of the molecule is O[C@H]1C=CC2[C@H]3Cc4ccc(OCc5ccccc5)c5c4[C@@]2(CCN3CC2CC2)[C@H]1O5. The van der Waals surface area contributed by atoms with Gasteiger partial charge < -0.3 is 14.6 Å². The van der Waals surface area contributed by atoms with Crippen LogP contribution in [0.3, 0.4) is 0 Å². The molecule has 5 atom stereocenters. The fourth-order valence-corrected chi connectivity index (χ4v) is 6.83. The van der Waals surface area contributed by atoms with Crippen molar-refractivity contribution in [2.45, 2.75) is 56.0 Å².